The molecule has 3 aromatic carbocycles. The molecule has 1 saturated heterocycles. The number of rotatable bonds is 7. The summed E-state index contributed by atoms with van der Waals surface area (Å²) in [7, 11) is 0. The molecule has 34 heavy (non-hydrogen) atoms. The molecule has 0 atom stereocenters. The van der Waals surface area contributed by atoms with Crippen LogP contribution in [0.2, 0.25) is 0 Å². The van der Waals surface area contributed by atoms with Gasteiger partial charge in [-0.05, 0) is 41.5 Å². The minimum Gasteiger partial charge on any atom is -0.492 e. The molecule has 0 spiro atoms. The Kier molecular flexibility index (Phi) is 7.03. The Morgan fingerprint density at radius 1 is 0.824 bits per heavy atom. The standard InChI is InChI=1S/C29H30N2O3/c32-29-25(22-34-28-9-5-4-8-27(28)29)20-23-10-12-26(13-11-23)33-19-18-30-14-16-31(17-15-30)21-24-6-2-1-3-7-24/h1-13,20H,14-19,21-22H2/b25-20+. The second-order valence-electron chi connectivity index (χ2n) is 8.80. The summed E-state index contributed by atoms with van der Waals surface area (Å²) in [5.41, 5.74) is 3.64. The summed E-state index contributed by atoms with van der Waals surface area (Å²) in [4.78, 5) is 17.7. The zero-order valence-corrected chi connectivity index (χ0v) is 19.4. The number of carbonyl (C=O) groups excluding carboxylic acids is 1. The third-order valence-corrected chi connectivity index (χ3v) is 6.42. The fraction of sp³-hybridized carbons (Fsp3) is 0.276. The van der Waals surface area contributed by atoms with Gasteiger partial charge in [0.15, 0.2) is 5.78 Å². The van der Waals surface area contributed by atoms with Gasteiger partial charge in [0.25, 0.3) is 0 Å². The first-order valence-electron chi connectivity index (χ1n) is 11.9. The first-order chi connectivity index (χ1) is 16.7. The Morgan fingerprint density at radius 3 is 2.32 bits per heavy atom. The van der Waals surface area contributed by atoms with Crippen LogP contribution in [-0.4, -0.2) is 61.5 Å². The molecule has 0 radical (unpaired) electrons. The van der Waals surface area contributed by atoms with Gasteiger partial charge in [-0.1, -0.05) is 54.6 Å². The maximum absolute atomic E-state index is 12.7. The van der Waals surface area contributed by atoms with Crippen molar-refractivity contribution in [1.29, 1.82) is 0 Å². The van der Waals surface area contributed by atoms with Gasteiger partial charge in [-0.15, -0.1) is 0 Å². The predicted molar refractivity (Wildman–Crippen MR) is 134 cm³/mol. The van der Waals surface area contributed by atoms with Gasteiger partial charge in [0.1, 0.15) is 24.7 Å². The van der Waals surface area contributed by atoms with Crippen molar-refractivity contribution in [2.75, 3.05) is 45.9 Å². The topological polar surface area (TPSA) is 42.0 Å². The van der Waals surface area contributed by atoms with Gasteiger partial charge in [-0.2, -0.15) is 0 Å². The lowest BCUT2D eigenvalue weighted by Gasteiger charge is -2.34. The zero-order chi connectivity index (χ0) is 23.2. The Balaban J connectivity index is 1.07. The molecule has 5 rings (SSSR count). The highest BCUT2D eigenvalue weighted by Crippen LogP contribution is 2.27. The molecule has 174 valence electrons. The van der Waals surface area contributed by atoms with E-state index in [1.165, 1.54) is 5.56 Å². The van der Waals surface area contributed by atoms with Gasteiger partial charge in [-0.3, -0.25) is 14.6 Å². The van der Waals surface area contributed by atoms with Crippen LogP contribution < -0.4 is 9.47 Å². The van der Waals surface area contributed by atoms with Gasteiger partial charge in [-0.25, -0.2) is 0 Å². The second-order valence-corrected chi connectivity index (χ2v) is 8.80. The fourth-order valence-corrected chi connectivity index (χ4v) is 4.45. The third-order valence-electron chi connectivity index (χ3n) is 6.42. The molecule has 0 amide bonds. The van der Waals surface area contributed by atoms with E-state index in [4.69, 9.17) is 9.47 Å². The summed E-state index contributed by atoms with van der Waals surface area (Å²) >= 11 is 0. The van der Waals surface area contributed by atoms with Crippen molar-refractivity contribution < 1.29 is 14.3 Å². The molecule has 2 aliphatic rings. The van der Waals surface area contributed by atoms with Crippen LogP contribution >= 0.6 is 0 Å². The van der Waals surface area contributed by atoms with Crippen molar-refractivity contribution in [3.63, 3.8) is 0 Å². The van der Waals surface area contributed by atoms with E-state index in [0.29, 0.717) is 30.1 Å². The molecule has 0 aliphatic carbocycles. The van der Waals surface area contributed by atoms with Gasteiger partial charge in [0.05, 0.1) is 5.56 Å². The number of carbonyl (C=O) groups is 1. The number of benzene rings is 3. The number of piperazine rings is 1. The number of fused-ring (bicyclic) bond motifs is 1. The summed E-state index contributed by atoms with van der Waals surface area (Å²) in [5.74, 6) is 1.54. The molecule has 5 heteroatoms. The molecule has 2 aliphatic heterocycles. The summed E-state index contributed by atoms with van der Waals surface area (Å²) in [6, 6.07) is 26.0. The van der Waals surface area contributed by atoms with Crippen molar-refractivity contribution in [2.24, 2.45) is 0 Å². The van der Waals surface area contributed by atoms with E-state index in [2.05, 4.69) is 40.1 Å². The van der Waals surface area contributed by atoms with E-state index < -0.39 is 0 Å². The van der Waals surface area contributed by atoms with Crippen LogP contribution in [0.3, 0.4) is 0 Å². The first-order valence-corrected chi connectivity index (χ1v) is 11.9. The van der Waals surface area contributed by atoms with Crippen LogP contribution in [0.25, 0.3) is 6.08 Å². The predicted octanol–water partition coefficient (Wildman–Crippen LogP) is 4.54. The summed E-state index contributed by atoms with van der Waals surface area (Å²) < 4.78 is 11.7. The highest BCUT2D eigenvalue weighted by molar-refractivity contribution is 6.14. The molecule has 0 saturated carbocycles. The van der Waals surface area contributed by atoms with Crippen molar-refractivity contribution in [1.82, 2.24) is 9.80 Å². The highest BCUT2D eigenvalue weighted by atomic mass is 16.5. The van der Waals surface area contributed by atoms with Crippen molar-refractivity contribution in [3.05, 3.63) is 101 Å². The number of hydrogen-bond acceptors (Lipinski definition) is 5. The Labute approximate surface area is 201 Å². The van der Waals surface area contributed by atoms with Crippen molar-refractivity contribution >= 4 is 11.9 Å². The van der Waals surface area contributed by atoms with Crippen LogP contribution in [-0.2, 0) is 6.54 Å². The molecular formula is C29H30N2O3. The highest BCUT2D eigenvalue weighted by Gasteiger charge is 2.22. The lowest BCUT2D eigenvalue weighted by molar-refractivity contribution is 0.100. The maximum Gasteiger partial charge on any atom is 0.196 e. The van der Waals surface area contributed by atoms with Crippen LogP contribution in [0.1, 0.15) is 21.5 Å². The van der Waals surface area contributed by atoms with E-state index in [-0.39, 0.29) is 5.78 Å². The zero-order valence-electron chi connectivity index (χ0n) is 19.4. The Bertz CT molecular complexity index is 1130. The number of nitrogens with zero attached hydrogens (tertiary/aromatic N) is 2. The van der Waals surface area contributed by atoms with Gasteiger partial charge >= 0.3 is 0 Å². The molecule has 0 aromatic heterocycles. The average molecular weight is 455 g/mol. The Hall–Kier alpha value is -3.41. The fourth-order valence-electron chi connectivity index (χ4n) is 4.45. The molecule has 5 nitrogen and oxygen atoms in total. The second kappa shape index (κ2) is 10.7. The van der Waals surface area contributed by atoms with E-state index >= 15 is 0 Å². The normalized spacial score (nSPS) is 17.9. The number of hydrogen-bond donors (Lipinski definition) is 0. The SMILES string of the molecule is O=C1/C(=C/c2ccc(OCCN3CCN(Cc4ccccc4)CC3)cc2)COc2ccccc21. The molecule has 0 N–H and O–H groups in total. The van der Waals surface area contributed by atoms with E-state index in [9.17, 15) is 4.79 Å². The molecule has 1 fully saturated rings. The molecular weight excluding hydrogens is 424 g/mol. The minimum atomic E-state index is 0.0334. The van der Waals surface area contributed by atoms with Gasteiger partial charge < -0.3 is 9.47 Å². The quantitative estimate of drug-likeness (QED) is 0.490. The number of Topliss-reactive ketones (excluding diaryl/α,β-unsaturated/α-hetero) is 1. The van der Waals surface area contributed by atoms with Crippen molar-refractivity contribution in [2.45, 2.75) is 6.54 Å². The van der Waals surface area contributed by atoms with Crippen LogP contribution in [0, 0.1) is 0 Å². The number of ketones is 1. The molecule has 3 aromatic rings. The summed E-state index contributed by atoms with van der Waals surface area (Å²) in [6.07, 6.45) is 1.90. The largest absolute Gasteiger partial charge is 0.492 e. The number of ether oxygens (including phenoxy) is 2. The maximum atomic E-state index is 12.7. The molecule has 0 unspecified atom stereocenters. The monoisotopic (exact) mass is 454 g/mol. The van der Waals surface area contributed by atoms with E-state index in [1.807, 2.05) is 54.6 Å². The third kappa shape index (κ3) is 5.56. The lowest BCUT2D eigenvalue weighted by Crippen LogP contribution is -2.47. The number of para-hydroxylation sites is 1. The lowest BCUT2D eigenvalue weighted by atomic mass is 9.98. The van der Waals surface area contributed by atoms with E-state index in [1.54, 1.807) is 0 Å². The average Bonchev–Trinajstić information content (AvgIpc) is 2.89. The first kappa shape index (κ1) is 22.4. The van der Waals surface area contributed by atoms with E-state index in [0.717, 1.165) is 50.6 Å². The minimum absolute atomic E-state index is 0.0334. The Morgan fingerprint density at radius 2 is 1.53 bits per heavy atom. The van der Waals surface area contributed by atoms with Gasteiger partial charge in [0, 0.05) is 44.8 Å². The van der Waals surface area contributed by atoms with Crippen LogP contribution in [0.5, 0.6) is 11.5 Å². The van der Waals surface area contributed by atoms with Gasteiger partial charge in [0.2, 0.25) is 0 Å². The molecule has 0 bridgehead atoms. The molecule has 2 heterocycles. The summed E-state index contributed by atoms with van der Waals surface area (Å²) in [5, 5.41) is 0. The van der Waals surface area contributed by atoms with Crippen LogP contribution in [0.4, 0.5) is 0 Å². The van der Waals surface area contributed by atoms with Crippen LogP contribution in [0.15, 0.2) is 84.4 Å². The summed E-state index contributed by atoms with van der Waals surface area (Å²) in [6.45, 7) is 7.24. The van der Waals surface area contributed by atoms with Crippen molar-refractivity contribution in [3.8, 4) is 11.5 Å². The smallest absolute Gasteiger partial charge is 0.196 e.